The molecule has 11 rings (SSSR count). The second kappa shape index (κ2) is 10.7. The van der Waals surface area contributed by atoms with Gasteiger partial charge in [0.2, 0.25) is 5.95 Å². The molecule has 6 nitrogen and oxygen atoms in total. The van der Waals surface area contributed by atoms with E-state index < -0.39 is 0 Å². The first-order valence-corrected chi connectivity index (χ1v) is 17.0. The van der Waals surface area contributed by atoms with Crippen molar-refractivity contribution < 1.29 is 4.42 Å². The maximum Gasteiger partial charge on any atom is 0.238 e. The van der Waals surface area contributed by atoms with Gasteiger partial charge in [0.15, 0.2) is 11.6 Å². The second-order valence-corrected chi connectivity index (χ2v) is 12.9. The molecule has 0 saturated carbocycles. The van der Waals surface area contributed by atoms with Crippen LogP contribution in [0.25, 0.3) is 100.0 Å². The third kappa shape index (κ3) is 4.14. The molecular formula is C45H27N5O. The average Bonchev–Trinajstić information content (AvgIpc) is 3.85. The molecule has 0 amide bonds. The van der Waals surface area contributed by atoms with Gasteiger partial charge in [-0.15, -0.1) is 0 Å². The predicted octanol–water partition coefficient (Wildman–Crippen LogP) is 11.3. The van der Waals surface area contributed by atoms with Gasteiger partial charge in [0.1, 0.15) is 11.2 Å². The molecule has 0 N–H and O–H groups in total. The van der Waals surface area contributed by atoms with Crippen LogP contribution in [0.4, 0.5) is 0 Å². The maximum absolute atomic E-state index is 6.44. The summed E-state index contributed by atoms with van der Waals surface area (Å²) in [4.78, 5) is 15.4. The van der Waals surface area contributed by atoms with Crippen LogP contribution in [0.5, 0.6) is 0 Å². The third-order valence-electron chi connectivity index (χ3n) is 9.96. The Morgan fingerprint density at radius 3 is 1.71 bits per heavy atom. The molecule has 0 saturated heterocycles. The van der Waals surface area contributed by atoms with Gasteiger partial charge in [-0.25, -0.2) is 4.98 Å². The monoisotopic (exact) mass is 653 g/mol. The fraction of sp³-hybridized carbons (Fsp3) is 0. The number of rotatable bonds is 4. The molecule has 51 heavy (non-hydrogen) atoms. The van der Waals surface area contributed by atoms with Crippen molar-refractivity contribution in [3.63, 3.8) is 0 Å². The fourth-order valence-electron chi connectivity index (χ4n) is 7.75. The highest BCUT2D eigenvalue weighted by molar-refractivity contribution is 6.29. The predicted molar refractivity (Wildman–Crippen MR) is 207 cm³/mol. The Labute approximate surface area is 291 Å². The molecule has 7 aromatic carbocycles. The van der Waals surface area contributed by atoms with Crippen molar-refractivity contribution in [2.24, 2.45) is 0 Å². The highest BCUT2D eigenvalue weighted by Gasteiger charge is 2.24. The lowest BCUT2D eigenvalue weighted by Crippen LogP contribution is -2.06. The summed E-state index contributed by atoms with van der Waals surface area (Å²) < 4.78 is 11.0. The number of nitrogens with zero attached hydrogens (tertiary/aromatic N) is 5. The van der Waals surface area contributed by atoms with E-state index in [0.717, 1.165) is 71.6 Å². The van der Waals surface area contributed by atoms with Gasteiger partial charge in [-0.1, -0.05) is 115 Å². The average molecular weight is 654 g/mol. The van der Waals surface area contributed by atoms with Crippen LogP contribution in [0.2, 0.25) is 0 Å². The minimum Gasteiger partial charge on any atom is -0.456 e. The molecular weight excluding hydrogens is 627 g/mol. The van der Waals surface area contributed by atoms with Crippen LogP contribution in [-0.2, 0) is 0 Å². The number of furan rings is 1. The second-order valence-electron chi connectivity index (χ2n) is 12.9. The van der Waals surface area contributed by atoms with E-state index >= 15 is 0 Å². The third-order valence-corrected chi connectivity index (χ3v) is 9.96. The van der Waals surface area contributed by atoms with Crippen molar-refractivity contribution in [3.05, 3.63) is 164 Å². The SMILES string of the molecule is c1ccc(-c2nc(-c3ccccc3)nc(-n3c4cc5c(cc4c4c6c(ccc43)oc3ccccc36)c3ccccc3n5-c3ccccc3)n2)cc1. The summed E-state index contributed by atoms with van der Waals surface area (Å²) in [7, 11) is 0. The fourth-order valence-corrected chi connectivity index (χ4v) is 7.75. The van der Waals surface area contributed by atoms with E-state index in [-0.39, 0.29) is 0 Å². The quantitative estimate of drug-likeness (QED) is 0.190. The Morgan fingerprint density at radius 1 is 0.373 bits per heavy atom. The molecule has 0 aliphatic carbocycles. The smallest absolute Gasteiger partial charge is 0.238 e. The normalized spacial score (nSPS) is 11.9. The molecule has 4 aromatic heterocycles. The van der Waals surface area contributed by atoms with E-state index in [4.69, 9.17) is 19.4 Å². The van der Waals surface area contributed by atoms with Crippen LogP contribution < -0.4 is 0 Å². The summed E-state index contributed by atoms with van der Waals surface area (Å²) in [5.74, 6) is 1.78. The molecule has 0 fully saturated rings. The largest absolute Gasteiger partial charge is 0.456 e. The first-order valence-electron chi connectivity index (χ1n) is 17.0. The van der Waals surface area contributed by atoms with Gasteiger partial charge < -0.3 is 8.98 Å². The van der Waals surface area contributed by atoms with Crippen LogP contribution in [0, 0.1) is 0 Å². The Morgan fingerprint density at radius 2 is 0.980 bits per heavy atom. The van der Waals surface area contributed by atoms with E-state index in [9.17, 15) is 0 Å². The standard InChI is InChI=1S/C45H27N5O/c1-4-14-28(15-5-1)43-46-44(29-16-6-2-7-17-29)48-45(47-43)50-36-24-25-40-42(32-21-11-13-23-39(32)51-40)41(36)34-26-33-31-20-10-12-22-35(31)49(37(33)27-38(34)50)30-18-8-3-9-19-30/h1-27H. The Bertz CT molecular complexity index is 3060. The van der Waals surface area contributed by atoms with E-state index in [1.54, 1.807) is 0 Å². The Hall–Kier alpha value is -7.05. The Kier molecular flexibility index (Phi) is 5.86. The van der Waals surface area contributed by atoms with Crippen molar-refractivity contribution in [3.8, 4) is 34.4 Å². The molecule has 0 aliphatic heterocycles. The molecule has 4 heterocycles. The summed E-state index contributed by atoms with van der Waals surface area (Å²) >= 11 is 0. The van der Waals surface area contributed by atoms with Crippen LogP contribution in [0.15, 0.2) is 168 Å². The van der Waals surface area contributed by atoms with Crippen LogP contribution in [0.3, 0.4) is 0 Å². The zero-order valence-corrected chi connectivity index (χ0v) is 27.2. The van der Waals surface area contributed by atoms with Gasteiger partial charge >= 0.3 is 0 Å². The highest BCUT2D eigenvalue weighted by atomic mass is 16.3. The zero-order valence-electron chi connectivity index (χ0n) is 27.2. The number of hydrogen-bond acceptors (Lipinski definition) is 4. The van der Waals surface area contributed by atoms with E-state index in [1.165, 1.54) is 10.8 Å². The van der Waals surface area contributed by atoms with Crippen LogP contribution in [0.1, 0.15) is 0 Å². The lowest BCUT2D eigenvalue weighted by Gasteiger charge is -2.11. The Balaban J connectivity index is 1.34. The molecule has 6 heteroatoms. The molecule has 0 unspecified atom stereocenters. The first kappa shape index (κ1) is 27.9. The first-order chi connectivity index (χ1) is 25.3. The molecule has 11 aromatic rings. The minimum atomic E-state index is 0.552. The van der Waals surface area contributed by atoms with Crippen molar-refractivity contribution in [2.45, 2.75) is 0 Å². The summed E-state index contributed by atoms with van der Waals surface area (Å²) in [5, 5.41) is 6.74. The van der Waals surface area contributed by atoms with Crippen molar-refractivity contribution in [1.29, 1.82) is 0 Å². The van der Waals surface area contributed by atoms with Gasteiger partial charge in [-0.2, -0.15) is 9.97 Å². The molecule has 0 atom stereocenters. The van der Waals surface area contributed by atoms with Crippen molar-refractivity contribution in [1.82, 2.24) is 24.1 Å². The zero-order chi connectivity index (χ0) is 33.5. The summed E-state index contributed by atoms with van der Waals surface area (Å²) in [6.45, 7) is 0. The number of para-hydroxylation sites is 3. The van der Waals surface area contributed by atoms with Gasteiger partial charge in [0.25, 0.3) is 0 Å². The van der Waals surface area contributed by atoms with Gasteiger partial charge in [-0.05, 0) is 48.5 Å². The van der Waals surface area contributed by atoms with Crippen LogP contribution >= 0.6 is 0 Å². The highest BCUT2D eigenvalue weighted by Crippen LogP contribution is 2.44. The summed E-state index contributed by atoms with van der Waals surface area (Å²) in [5.41, 5.74) is 8.92. The van der Waals surface area contributed by atoms with Crippen molar-refractivity contribution in [2.75, 3.05) is 0 Å². The molecule has 0 spiro atoms. The maximum atomic E-state index is 6.44. The molecule has 0 radical (unpaired) electrons. The van der Waals surface area contributed by atoms with E-state index in [2.05, 4.69) is 100 Å². The lowest BCUT2D eigenvalue weighted by atomic mass is 10.0. The van der Waals surface area contributed by atoms with Gasteiger partial charge in [-0.3, -0.25) is 4.57 Å². The van der Waals surface area contributed by atoms with Crippen molar-refractivity contribution >= 4 is 65.6 Å². The summed E-state index contributed by atoms with van der Waals surface area (Å²) in [6.07, 6.45) is 0. The van der Waals surface area contributed by atoms with Gasteiger partial charge in [0.05, 0.1) is 22.1 Å². The van der Waals surface area contributed by atoms with E-state index in [1.807, 2.05) is 72.8 Å². The van der Waals surface area contributed by atoms with Gasteiger partial charge in [0, 0.05) is 49.1 Å². The number of benzene rings is 7. The summed E-state index contributed by atoms with van der Waals surface area (Å²) in [6, 6.07) is 56.6. The van der Waals surface area contributed by atoms with Crippen LogP contribution in [-0.4, -0.2) is 24.1 Å². The number of fused-ring (bicyclic) bond motifs is 10. The number of aromatic nitrogens is 5. The van der Waals surface area contributed by atoms with E-state index in [0.29, 0.717) is 17.6 Å². The minimum absolute atomic E-state index is 0.552. The topological polar surface area (TPSA) is 61.7 Å². The molecule has 0 aliphatic rings. The lowest BCUT2D eigenvalue weighted by molar-refractivity contribution is 0.669. The molecule has 238 valence electrons. The molecule has 0 bridgehead atoms. The number of hydrogen-bond donors (Lipinski definition) is 0.